The van der Waals surface area contributed by atoms with Gasteiger partial charge in [-0.2, -0.15) is 0 Å². The standard InChI is InChI=1S/C22H21F2N3O4/c23-14-2-4-17-18(12-14)31-19(25-17)13-1-3-15(16(24)11-13)20(28)26-7-9-27(10-8-26)21(29)22(30)5-6-22/h1-4,11-12,19,25,30H,5-10H2. The van der Waals surface area contributed by atoms with Crippen LogP contribution in [-0.2, 0) is 4.79 Å². The van der Waals surface area contributed by atoms with Crippen LogP contribution in [0.4, 0.5) is 14.5 Å². The first-order valence-electron chi connectivity index (χ1n) is 10.2. The number of aliphatic hydroxyl groups is 1. The van der Waals surface area contributed by atoms with E-state index < -0.39 is 29.4 Å². The fourth-order valence-corrected chi connectivity index (χ4v) is 3.94. The summed E-state index contributed by atoms with van der Waals surface area (Å²) in [6, 6.07) is 8.34. The van der Waals surface area contributed by atoms with Gasteiger partial charge < -0.3 is 25.0 Å². The molecule has 9 heteroatoms. The Morgan fingerprint density at radius 1 is 1.03 bits per heavy atom. The molecule has 0 aromatic heterocycles. The number of carbonyl (C=O) groups is 2. The van der Waals surface area contributed by atoms with Crippen molar-refractivity contribution in [3.05, 3.63) is 59.2 Å². The number of piperazine rings is 1. The molecule has 0 spiro atoms. The van der Waals surface area contributed by atoms with Crippen molar-refractivity contribution in [3.63, 3.8) is 0 Å². The summed E-state index contributed by atoms with van der Waals surface area (Å²) in [5, 5.41) is 13.0. The largest absolute Gasteiger partial charge is 0.464 e. The van der Waals surface area contributed by atoms with Crippen LogP contribution in [0.2, 0.25) is 0 Å². The van der Waals surface area contributed by atoms with E-state index in [0.717, 1.165) is 0 Å². The number of carbonyl (C=O) groups excluding carboxylic acids is 2. The third-order valence-corrected chi connectivity index (χ3v) is 5.98. The highest BCUT2D eigenvalue weighted by atomic mass is 19.1. The molecular weight excluding hydrogens is 408 g/mol. The minimum absolute atomic E-state index is 0.0640. The molecule has 2 aromatic carbocycles. The second-order valence-electron chi connectivity index (χ2n) is 8.14. The number of nitrogens with one attached hydrogen (secondary N) is 1. The maximum Gasteiger partial charge on any atom is 0.256 e. The quantitative estimate of drug-likeness (QED) is 0.783. The Bertz CT molecular complexity index is 1060. The third-order valence-electron chi connectivity index (χ3n) is 5.98. The number of fused-ring (bicyclic) bond motifs is 1. The summed E-state index contributed by atoms with van der Waals surface area (Å²) < 4.78 is 33.8. The number of hydrogen-bond acceptors (Lipinski definition) is 5. The van der Waals surface area contributed by atoms with Crippen LogP contribution in [0.5, 0.6) is 5.75 Å². The molecule has 1 saturated heterocycles. The van der Waals surface area contributed by atoms with Crippen LogP contribution in [0.15, 0.2) is 36.4 Å². The fraction of sp³-hybridized carbons (Fsp3) is 0.364. The highest BCUT2D eigenvalue weighted by Gasteiger charge is 2.50. The van der Waals surface area contributed by atoms with Gasteiger partial charge in [0.25, 0.3) is 11.8 Å². The number of anilines is 1. The SMILES string of the molecule is O=C(c1ccc(C2Nc3ccc(F)cc3O2)cc1F)N1CCN(C(=O)C2(O)CC2)CC1. The minimum Gasteiger partial charge on any atom is -0.464 e. The number of ether oxygens (including phenoxy) is 1. The normalized spacial score (nSPS) is 21.2. The third kappa shape index (κ3) is 3.59. The summed E-state index contributed by atoms with van der Waals surface area (Å²) in [4.78, 5) is 28.1. The fourth-order valence-electron chi connectivity index (χ4n) is 3.94. The lowest BCUT2D eigenvalue weighted by Crippen LogP contribution is -2.53. The summed E-state index contributed by atoms with van der Waals surface area (Å²) in [5.41, 5.74) is -0.213. The summed E-state index contributed by atoms with van der Waals surface area (Å²) in [6.45, 7) is 1.16. The van der Waals surface area contributed by atoms with Crippen LogP contribution in [-0.4, -0.2) is 58.5 Å². The van der Waals surface area contributed by atoms with Gasteiger partial charge in [-0.1, -0.05) is 6.07 Å². The number of rotatable bonds is 3. The molecular formula is C22H21F2N3O4. The number of hydrogen-bond donors (Lipinski definition) is 2. The van der Waals surface area contributed by atoms with E-state index in [1.807, 2.05) is 0 Å². The van der Waals surface area contributed by atoms with Gasteiger partial charge in [0.1, 0.15) is 23.0 Å². The molecule has 1 aliphatic carbocycles. The summed E-state index contributed by atoms with van der Waals surface area (Å²) in [6.07, 6.45) is 0.266. The first kappa shape index (κ1) is 19.7. The predicted octanol–water partition coefficient (Wildman–Crippen LogP) is 2.28. The molecule has 3 aliphatic rings. The van der Waals surface area contributed by atoms with Crippen LogP contribution >= 0.6 is 0 Å². The van der Waals surface area contributed by atoms with Crippen molar-refractivity contribution in [2.75, 3.05) is 31.5 Å². The van der Waals surface area contributed by atoms with Gasteiger partial charge in [0.05, 0.1) is 11.3 Å². The molecule has 162 valence electrons. The van der Waals surface area contributed by atoms with E-state index >= 15 is 0 Å². The van der Waals surface area contributed by atoms with Crippen molar-refractivity contribution in [1.29, 1.82) is 0 Å². The van der Waals surface area contributed by atoms with Gasteiger partial charge in [-0.25, -0.2) is 8.78 Å². The maximum absolute atomic E-state index is 14.8. The monoisotopic (exact) mass is 429 g/mol. The van der Waals surface area contributed by atoms with Crippen LogP contribution < -0.4 is 10.1 Å². The molecule has 7 nitrogen and oxygen atoms in total. The lowest BCUT2D eigenvalue weighted by Gasteiger charge is -2.35. The Hall–Kier alpha value is -3.20. The number of benzene rings is 2. The molecule has 2 aliphatic heterocycles. The highest BCUT2D eigenvalue weighted by Crippen LogP contribution is 2.39. The first-order chi connectivity index (χ1) is 14.8. The van der Waals surface area contributed by atoms with E-state index in [2.05, 4.69) is 5.32 Å². The van der Waals surface area contributed by atoms with Gasteiger partial charge in [-0.3, -0.25) is 9.59 Å². The molecule has 31 heavy (non-hydrogen) atoms. The number of halogens is 2. The predicted molar refractivity (Wildman–Crippen MR) is 106 cm³/mol. The lowest BCUT2D eigenvalue weighted by molar-refractivity contribution is -0.143. The average molecular weight is 429 g/mol. The Morgan fingerprint density at radius 2 is 1.74 bits per heavy atom. The zero-order valence-electron chi connectivity index (χ0n) is 16.6. The van der Waals surface area contributed by atoms with Crippen LogP contribution in [0.1, 0.15) is 35.0 Å². The van der Waals surface area contributed by atoms with Gasteiger partial charge in [0, 0.05) is 37.8 Å². The summed E-state index contributed by atoms with van der Waals surface area (Å²) >= 11 is 0. The molecule has 2 aromatic rings. The van der Waals surface area contributed by atoms with E-state index in [0.29, 0.717) is 42.9 Å². The number of nitrogens with zero attached hydrogens (tertiary/aromatic N) is 2. The van der Waals surface area contributed by atoms with Gasteiger partial charge in [0.15, 0.2) is 6.23 Å². The van der Waals surface area contributed by atoms with Crippen molar-refractivity contribution in [1.82, 2.24) is 9.80 Å². The molecule has 5 rings (SSSR count). The van der Waals surface area contributed by atoms with E-state index in [-0.39, 0.29) is 24.6 Å². The molecule has 1 atom stereocenters. The van der Waals surface area contributed by atoms with Crippen molar-refractivity contribution < 1.29 is 28.2 Å². The smallest absolute Gasteiger partial charge is 0.256 e. The van der Waals surface area contributed by atoms with Crippen molar-refractivity contribution in [2.45, 2.75) is 24.7 Å². The van der Waals surface area contributed by atoms with Gasteiger partial charge in [0.2, 0.25) is 0 Å². The van der Waals surface area contributed by atoms with Crippen LogP contribution in [0.3, 0.4) is 0 Å². The van der Waals surface area contributed by atoms with Gasteiger partial charge in [-0.05, 0) is 37.1 Å². The highest BCUT2D eigenvalue weighted by molar-refractivity contribution is 5.95. The Morgan fingerprint density at radius 3 is 2.42 bits per heavy atom. The molecule has 2 amide bonds. The van der Waals surface area contributed by atoms with Crippen molar-refractivity contribution >= 4 is 17.5 Å². The van der Waals surface area contributed by atoms with E-state index in [1.54, 1.807) is 17.0 Å². The second-order valence-corrected chi connectivity index (χ2v) is 8.14. The van der Waals surface area contributed by atoms with E-state index in [1.165, 1.54) is 29.2 Å². The number of amides is 2. The molecule has 0 radical (unpaired) electrons. The Labute approximate surface area is 177 Å². The first-order valence-corrected chi connectivity index (χ1v) is 10.2. The molecule has 1 saturated carbocycles. The van der Waals surface area contributed by atoms with Gasteiger partial charge >= 0.3 is 0 Å². The topological polar surface area (TPSA) is 82.1 Å². The zero-order valence-corrected chi connectivity index (χ0v) is 16.6. The van der Waals surface area contributed by atoms with E-state index in [4.69, 9.17) is 4.74 Å². The molecule has 2 fully saturated rings. The summed E-state index contributed by atoms with van der Waals surface area (Å²) in [7, 11) is 0. The Kier molecular flexibility index (Phi) is 4.58. The van der Waals surface area contributed by atoms with Gasteiger partial charge in [-0.15, -0.1) is 0 Å². The van der Waals surface area contributed by atoms with E-state index in [9.17, 15) is 23.5 Å². The van der Waals surface area contributed by atoms with Crippen LogP contribution in [0.25, 0.3) is 0 Å². The molecule has 2 heterocycles. The second kappa shape index (κ2) is 7.19. The van der Waals surface area contributed by atoms with Crippen molar-refractivity contribution in [2.24, 2.45) is 0 Å². The van der Waals surface area contributed by atoms with Crippen molar-refractivity contribution in [3.8, 4) is 5.75 Å². The maximum atomic E-state index is 14.8. The summed E-state index contributed by atoms with van der Waals surface area (Å²) in [5.74, 6) is -1.51. The average Bonchev–Trinajstić information content (AvgIpc) is 3.38. The minimum atomic E-state index is -1.23. The molecule has 2 N–H and O–H groups in total. The van der Waals surface area contributed by atoms with Crippen LogP contribution in [0, 0.1) is 11.6 Å². The Balaban J connectivity index is 1.24. The zero-order chi connectivity index (χ0) is 21.8. The molecule has 0 bridgehead atoms. The molecule has 1 unspecified atom stereocenters. The lowest BCUT2D eigenvalue weighted by atomic mass is 10.1.